The zero-order valence-corrected chi connectivity index (χ0v) is 8.67. The van der Waals surface area contributed by atoms with Crippen LogP contribution in [0.15, 0.2) is 0 Å². The minimum atomic E-state index is 0.283. The van der Waals surface area contributed by atoms with E-state index in [9.17, 15) is 0 Å². The van der Waals surface area contributed by atoms with Gasteiger partial charge in [0.05, 0.1) is 18.6 Å². The zero-order valence-electron chi connectivity index (χ0n) is 7.91. The Morgan fingerprint density at radius 3 is 1.69 bits per heavy atom. The fourth-order valence-electron chi connectivity index (χ4n) is 0.734. The first-order chi connectivity index (χ1) is 6.35. The Hall–Kier alpha value is 0.170. The third-order valence-electron chi connectivity index (χ3n) is 1.64. The van der Waals surface area contributed by atoms with E-state index in [2.05, 4.69) is 0 Å². The van der Waals surface area contributed by atoms with Gasteiger partial charge in [-0.1, -0.05) is 12.8 Å². The highest BCUT2D eigenvalue weighted by Crippen LogP contribution is 2.08. The van der Waals surface area contributed by atoms with Gasteiger partial charge in [0.15, 0.2) is 0 Å². The monoisotopic (exact) mass is 210 g/mol. The summed E-state index contributed by atoms with van der Waals surface area (Å²) in [5.41, 5.74) is 0. The van der Waals surface area contributed by atoms with E-state index in [1.807, 2.05) is 0 Å². The number of halogens is 1. The fourth-order valence-corrected chi connectivity index (χ4v) is 0.912. The molecule has 0 aromatic heterocycles. The molecule has 3 nitrogen and oxygen atoms in total. The summed E-state index contributed by atoms with van der Waals surface area (Å²) in [6.07, 6.45) is 4.23. The molecule has 0 radical (unpaired) electrons. The van der Waals surface area contributed by atoms with E-state index >= 15 is 0 Å². The standard InChI is InChI=1S/C6H14O2.C3H5ClO/c7-5-3-1-2-4-6-8;4-1-3-2-5-3/h7-8H,1-6H2;3H,1-2H2. The SMILES string of the molecule is ClCC1CO1.OCCCCCCO. The van der Waals surface area contributed by atoms with Crippen LogP contribution in [0, 0.1) is 0 Å². The molecule has 80 valence electrons. The van der Waals surface area contributed by atoms with Crippen molar-refractivity contribution in [3.63, 3.8) is 0 Å². The maximum absolute atomic E-state index is 8.30. The predicted octanol–water partition coefficient (Wildman–Crippen LogP) is 1.16. The van der Waals surface area contributed by atoms with Gasteiger partial charge >= 0.3 is 0 Å². The molecule has 1 fully saturated rings. The average Bonchev–Trinajstić information content (AvgIpc) is 2.97. The fraction of sp³-hybridized carbons (Fsp3) is 1.00. The second-order valence-electron chi connectivity index (χ2n) is 2.97. The minimum Gasteiger partial charge on any atom is -0.396 e. The molecule has 0 aliphatic carbocycles. The lowest BCUT2D eigenvalue weighted by Crippen LogP contribution is -1.85. The highest BCUT2D eigenvalue weighted by molar-refractivity contribution is 6.18. The Labute approximate surface area is 84.7 Å². The molecule has 1 aliphatic heterocycles. The summed E-state index contributed by atoms with van der Waals surface area (Å²) in [5, 5.41) is 16.6. The van der Waals surface area contributed by atoms with Crippen molar-refractivity contribution < 1.29 is 14.9 Å². The summed E-state index contributed by atoms with van der Waals surface area (Å²) in [5.74, 6) is 0.667. The molecule has 0 spiro atoms. The normalized spacial score (nSPS) is 19.2. The third-order valence-corrected chi connectivity index (χ3v) is 1.98. The van der Waals surface area contributed by atoms with Gasteiger partial charge in [-0.3, -0.25) is 0 Å². The number of alkyl halides is 1. The second-order valence-corrected chi connectivity index (χ2v) is 3.28. The highest BCUT2D eigenvalue weighted by Gasteiger charge is 2.19. The molecule has 1 aliphatic rings. The molecular formula is C9H19ClO3. The first kappa shape index (κ1) is 13.2. The summed E-state index contributed by atoms with van der Waals surface area (Å²) in [4.78, 5) is 0. The molecule has 1 heterocycles. The maximum atomic E-state index is 8.30. The molecular weight excluding hydrogens is 192 g/mol. The summed E-state index contributed by atoms with van der Waals surface area (Å²) in [6, 6.07) is 0. The molecule has 1 saturated heterocycles. The Morgan fingerprint density at radius 2 is 1.54 bits per heavy atom. The van der Waals surface area contributed by atoms with E-state index in [4.69, 9.17) is 26.6 Å². The van der Waals surface area contributed by atoms with E-state index in [-0.39, 0.29) is 13.2 Å². The van der Waals surface area contributed by atoms with Gasteiger partial charge in [0.1, 0.15) is 0 Å². The van der Waals surface area contributed by atoms with E-state index < -0.39 is 0 Å². The molecule has 0 bridgehead atoms. The van der Waals surface area contributed by atoms with Crippen molar-refractivity contribution in [3.8, 4) is 0 Å². The number of aliphatic hydroxyl groups is 2. The van der Waals surface area contributed by atoms with Crippen molar-refractivity contribution in [2.24, 2.45) is 0 Å². The van der Waals surface area contributed by atoms with Crippen LogP contribution in [-0.4, -0.2) is 42.0 Å². The van der Waals surface area contributed by atoms with Crippen LogP contribution in [0.25, 0.3) is 0 Å². The van der Waals surface area contributed by atoms with E-state index in [0.717, 1.165) is 32.3 Å². The molecule has 1 rings (SSSR count). The Morgan fingerprint density at radius 1 is 1.08 bits per heavy atom. The van der Waals surface area contributed by atoms with Crippen LogP contribution >= 0.6 is 11.6 Å². The summed E-state index contributed by atoms with van der Waals surface area (Å²) in [6.45, 7) is 1.44. The second kappa shape index (κ2) is 10.3. The Balaban J connectivity index is 0.000000243. The lowest BCUT2D eigenvalue weighted by Gasteiger charge is -1.93. The largest absolute Gasteiger partial charge is 0.396 e. The first-order valence-electron chi connectivity index (χ1n) is 4.74. The van der Waals surface area contributed by atoms with Gasteiger partial charge in [0.25, 0.3) is 0 Å². The quantitative estimate of drug-likeness (QED) is 0.393. The van der Waals surface area contributed by atoms with Crippen molar-refractivity contribution in [2.45, 2.75) is 31.8 Å². The number of hydrogen-bond donors (Lipinski definition) is 2. The van der Waals surface area contributed by atoms with Gasteiger partial charge in [-0.05, 0) is 12.8 Å². The van der Waals surface area contributed by atoms with E-state index in [1.54, 1.807) is 0 Å². The van der Waals surface area contributed by atoms with Crippen LogP contribution in [0.3, 0.4) is 0 Å². The maximum Gasteiger partial charge on any atom is 0.0944 e. The van der Waals surface area contributed by atoms with Gasteiger partial charge in [0, 0.05) is 13.2 Å². The van der Waals surface area contributed by atoms with Crippen LogP contribution in [0.5, 0.6) is 0 Å². The predicted molar refractivity (Wildman–Crippen MR) is 53.1 cm³/mol. The van der Waals surface area contributed by atoms with Crippen molar-refractivity contribution in [2.75, 3.05) is 25.7 Å². The number of rotatable bonds is 6. The molecule has 0 aromatic carbocycles. The van der Waals surface area contributed by atoms with Crippen molar-refractivity contribution >= 4 is 11.6 Å². The summed E-state index contributed by atoms with van der Waals surface area (Å²) in [7, 11) is 0. The molecule has 0 saturated carbocycles. The number of aliphatic hydroxyl groups excluding tert-OH is 2. The molecule has 0 aromatic rings. The molecule has 13 heavy (non-hydrogen) atoms. The number of hydrogen-bond acceptors (Lipinski definition) is 3. The van der Waals surface area contributed by atoms with Gasteiger partial charge < -0.3 is 14.9 Å². The van der Waals surface area contributed by atoms with E-state index in [0.29, 0.717) is 12.0 Å². The Kier molecular flexibility index (Phi) is 10.4. The van der Waals surface area contributed by atoms with Crippen LogP contribution < -0.4 is 0 Å². The van der Waals surface area contributed by atoms with Gasteiger partial charge in [-0.25, -0.2) is 0 Å². The highest BCUT2D eigenvalue weighted by atomic mass is 35.5. The molecule has 4 heteroatoms. The molecule has 1 unspecified atom stereocenters. The smallest absolute Gasteiger partial charge is 0.0944 e. The molecule has 1 atom stereocenters. The van der Waals surface area contributed by atoms with Gasteiger partial charge in [-0.2, -0.15) is 0 Å². The lowest BCUT2D eigenvalue weighted by atomic mass is 10.2. The molecule has 0 amide bonds. The van der Waals surface area contributed by atoms with Crippen LogP contribution in [0.2, 0.25) is 0 Å². The zero-order chi connectivity index (χ0) is 9.94. The van der Waals surface area contributed by atoms with Crippen molar-refractivity contribution in [1.29, 1.82) is 0 Å². The minimum absolute atomic E-state index is 0.283. The summed E-state index contributed by atoms with van der Waals surface area (Å²) < 4.78 is 4.73. The third kappa shape index (κ3) is 12.2. The number of epoxide rings is 1. The van der Waals surface area contributed by atoms with Crippen molar-refractivity contribution in [1.82, 2.24) is 0 Å². The van der Waals surface area contributed by atoms with Crippen molar-refractivity contribution in [3.05, 3.63) is 0 Å². The van der Waals surface area contributed by atoms with Gasteiger partial charge in [-0.15, -0.1) is 11.6 Å². The first-order valence-corrected chi connectivity index (χ1v) is 5.28. The number of unbranched alkanes of at least 4 members (excludes halogenated alkanes) is 3. The Bertz CT molecular complexity index is 90.9. The topological polar surface area (TPSA) is 53.0 Å². The number of ether oxygens (including phenoxy) is 1. The van der Waals surface area contributed by atoms with Crippen LogP contribution in [0.1, 0.15) is 25.7 Å². The van der Waals surface area contributed by atoms with Crippen LogP contribution in [0.4, 0.5) is 0 Å². The summed E-state index contributed by atoms with van der Waals surface area (Å²) >= 11 is 5.27. The average molecular weight is 211 g/mol. The molecule has 2 N–H and O–H groups in total. The van der Waals surface area contributed by atoms with Gasteiger partial charge in [0.2, 0.25) is 0 Å². The lowest BCUT2D eigenvalue weighted by molar-refractivity contribution is 0.265. The van der Waals surface area contributed by atoms with Crippen LogP contribution in [-0.2, 0) is 4.74 Å². The van der Waals surface area contributed by atoms with E-state index in [1.165, 1.54) is 0 Å².